The molecule has 1 aliphatic heterocycles. The molecule has 0 unspecified atom stereocenters. The number of fused-ring (bicyclic) bond motifs is 1. The first-order chi connectivity index (χ1) is 11.2. The number of aromatic nitrogens is 2. The van der Waals surface area contributed by atoms with Crippen LogP contribution in [0.25, 0.3) is 16.3 Å². The molecule has 5 nitrogen and oxygen atoms in total. The molecular weight excluding hydrogens is 290 g/mol. The molecule has 0 saturated heterocycles. The Balaban J connectivity index is 1.61. The van der Waals surface area contributed by atoms with Crippen LogP contribution in [0.5, 0.6) is 0 Å². The van der Waals surface area contributed by atoms with Crippen LogP contribution in [0.15, 0.2) is 53.1 Å². The Morgan fingerprint density at radius 1 is 1.17 bits per heavy atom. The smallest absolute Gasteiger partial charge is 0.295 e. The highest BCUT2D eigenvalue weighted by Crippen LogP contribution is 2.28. The van der Waals surface area contributed by atoms with Crippen LogP contribution in [-0.4, -0.2) is 34.0 Å². The average molecular weight is 305 g/mol. The Morgan fingerprint density at radius 2 is 2.00 bits per heavy atom. The molecule has 23 heavy (non-hydrogen) atoms. The number of hydrogen-bond acceptors (Lipinski definition) is 4. The summed E-state index contributed by atoms with van der Waals surface area (Å²) in [5, 5.41) is 6.11. The zero-order valence-corrected chi connectivity index (χ0v) is 12.7. The number of rotatable bonds is 2. The second-order valence-electron chi connectivity index (χ2n) is 5.58. The Bertz CT molecular complexity index is 921. The minimum Gasteiger partial charge on any atom is -0.339 e. The highest BCUT2D eigenvalue weighted by molar-refractivity contribution is 5.97. The van der Waals surface area contributed by atoms with Gasteiger partial charge >= 0.3 is 0 Å². The fraction of sp³-hybridized carbons (Fsp3) is 0.167. The van der Waals surface area contributed by atoms with E-state index in [2.05, 4.69) is 40.5 Å². The average Bonchev–Trinajstić information content (AvgIpc) is 3.23. The summed E-state index contributed by atoms with van der Waals surface area (Å²) in [7, 11) is 0. The lowest BCUT2D eigenvalue weighted by Crippen LogP contribution is -2.29. The van der Waals surface area contributed by atoms with E-state index in [0.717, 1.165) is 5.57 Å². The number of amides is 1. The van der Waals surface area contributed by atoms with Gasteiger partial charge in [0.2, 0.25) is 5.89 Å². The molecule has 0 spiro atoms. The Labute approximate surface area is 133 Å². The maximum Gasteiger partial charge on any atom is 0.295 e. The Morgan fingerprint density at radius 3 is 2.83 bits per heavy atom. The van der Waals surface area contributed by atoms with Gasteiger partial charge in [0.15, 0.2) is 0 Å². The minimum absolute atomic E-state index is 0.120. The topological polar surface area (TPSA) is 59.2 Å². The van der Waals surface area contributed by atoms with E-state index < -0.39 is 0 Å². The minimum atomic E-state index is -0.201. The van der Waals surface area contributed by atoms with Crippen LogP contribution >= 0.6 is 0 Å². The lowest BCUT2D eigenvalue weighted by atomic mass is 9.99. The molecule has 1 aliphatic rings. The zero-order valence-electron chi connectivity index (χ0n) is 12.7. The monoisotopic (exact) mass is 305 g/mol. The summed E-state index contributed by atoms with van der Waals surface area (Å²) >= 11 is 0. The molecule has 1 amide bonds. The van der Waals surface area contributed by atoms with Gasteiger partial charge in [0.05, 0.1) is 0 Å². The second-order valence-corrected chi connectivity index (χ2v) is 5.58. The summed E-state index contributed by atoms with van der Waals surface area (Å²) in [4.78, 5) is 18.1. The zero-order chi connectivity index (χ0) is 15.8. The number of hydrogen-bond donors (Lipinski definition) is 0. The normalized spacial score (nSPS) is 14.3. The number of aryl methyl sites for hydroxylation is 1. The predicted molar refractivity (Wildman–Crippen MR) is 86.9 cm³/mol. The van der Waals surface area contributed by atoms with E-state index in [1.165, 1.54) is 16.3 Å². The fourth-order valence-corrected chi connectivity index (χ4v) is 2.94. The molecule has 3 aromatic rings. The standard InChI is InChI=1S/C18H15N3O2/c1-12-19-17(20-23-12)18(22)21-10-9-14(11-21)16-8-4-6-13-5-2-3-7-15(13)16/h2-9H,10-11H2,1H3. The van der Waals surface area contributed by atoms with Gasteiger partial charge in [0, 0.05) is 20.0 Å². The highest BCUT2D eigenvalue weighted by atomic mass is 16.5. The molecule has 0 bridgehead atoms. The van der Waals surface area contributed by atoms with Crippen molar-refractivity contribution in [2.75, 3.05) is 13.1 Å². The van der Waals surface area contributed by atoms with Gasteiger partial charge in [-0.1, -0.05) is 53.7 Å². The summed E-state index contributed by atoms with van der Waals surface area (Å²) in [6.07, 6.45) is 2.09. The first-order valence-electron chi connectivity index (χ1n) is 7.49. The lowest BCUT2D eigenvalue weighted by Gasteiger charge is -2.14. The van der Waals surface area contributed by atoms with Crippen molar-refractivity contribution < 1.29 is 9.32 Å². The van der Waals surface area contributed by atoms with Gasteiger partial charge in [-0.05, 0) is 21.9 Å². The van der Waals surface area contributed by atoms with Gasteiger partial charge in [-0.25, -0.2) is 0 Å². The molecule has 0 atom stereocenters. The second kappa shape index (κ2) is 5.35. The van der Waals surface area contributed by atoms with Crippen LogP contribution in [-0.2, 0) is 0 Å². The van der Waals surface area contributed by atoms with Crippen LogP contribution in [0.4, 0.5) is 0 Å². The van der Waals surface area contributed by atoms with Gasteiger partial charge in [0.1, 0.15) is 0 Å². The third-order valence-electron chi connectivity index (χ3n) is 4.06. The number of carbonyl (C=O) groups excluding carboxylic acids is 1. The van der Waals surface area contributed by atoms with Crippen LogP contribution in [0.3, 0.4) is 0 Å². The number of nitrogens with zero attached hydrogens (tertiary/aromatic N) is 3. The molecule has 0 saturated carbocycles. The van der Waals surface area contributed by atoms with Crippen molar-refractivity contribution in [2.24, 2.45) is 0 Å². The van der Waals surface area contributed by atoms with E-state index in [1.54, 1.807) is 11.8 Å². The van der Waals surface area contributed by atoms with Gasteiger partial charge in [0.25, 0.3) is 11.7 Å². The van der Waals surface area contributed by atoms with Crippen molar-refractivity contribution in [3.63, 3.8) is 0 Å². The van der Waals surface area contributed by atoms with E-state index in [9.17, 15) is 4.79 Å². The Hall–Kier alpha value is -2.95. The SMILES string of the molecule is Cc1nc(C(=O)N2CC=C(c3cccc4ccccc34)C2)no1. The van der Waals surface area contributed by atoms with Gasteiger partial charge in [-0.2, -0.15) is 4.98 Å². The summed E-state index contributed by atoms with van der Waals surface area (Å²) in [5.74, 6) is 0.318. The Kier molecular flexibility index (Phi) is 3.19. The van der Waals surface area contributed by atoms with Gasteiger partial charge in [-0.3, -0.25) is 4.79 Å². The molecule has 2 aromatic carbocycles. The first kappa shape index (κ1) is 13.7. The maximum atomic E-state index is 12.4. The van der Waals surface area contributed by atoms with Gasteiger partial charge in [-0.15, -0.1) is 0 Å². The van der Waals surface area contributed by atoms with E-state index >= 15 is 0 Å². The third kappa shape index (κ3) is 2.40. The number of benzene rings is 2. The molecule has 0 radical (unpaired) electrons. The van der Waals surface area contributed by atoms with E-state index in [1.807, 2.05) is 18.2 Å². The molecule has 0 fully saturated rings. The quantitative estimate of drug-likeness (QED) is 0.730. The molecule has 2 heterocycles. The van der Waals surface area contributed by atoms with Crippen LogP contribution in [0.2, 0.25) is 0 Å². The first-order valence-corrected chi connectivity index (χ1v) is 7.49. The van der Waals surface area contributed by atoms with Crippen molar-refractivity contribution in [1.82, 2.24) is 15.0 Å². The van der Waals surface area contributed by atoms with Crippen molar-refractivity contribution in [1.29, 1.82) is 0 Å². The van der Waals surface area contributed by atoms with Crippen LogP contribution in [0, 0.1) is 6.92 Å². The molecule has 0 N–H and O–H groups in total. The van der Waals surface area contributed by atoms with Crippen molar-refractivity contribution in [3.05, 3.63) is 65.8 Å². The molecule has 5 heteroatoms. The van der Waals surface area contributed by atoms with E-state index in [-0.39, 0.29) is 11.7 Å². The highest BCUT2D eigenvalue weighted by Gasteiger charge is 2.25. The van der Waals surface area contributed by atoms with Crippen molar-refractivity contribution in [3.8, 4) is 0 Å². The molecule has 0 aliphatic carbocycles. The van der Waals surface area contributed by atoms with Crippen LogP contribution < -0.4 is 0 Å². The lowest BCUT2D eigenvalue weighted by molar-refractivity contribution is 0.0786. The largest absolute Gasteiger partial charge is 0.339 e. The predicted octanol–water partition coefficient (Wildman–Crippen LogP) is 3.07. The third-order valence-corrected chi connectivity index (χ3v) is 4.06. The maximum absolute atomic E-state index is 12.4. The number of carbonyl (C=O) groups is 1. The summed E-state index contributed by atoms with van der Waals surface area (Å²) in [6, 6.07) is 14.5. The van der Waals surface area contributed by atoms with Crippen molar-refractivity contribution in [2.45, 2.75) is 6.92 Å². The molecular formula is C18H15N3O2. The fourth-order valence-electron chi connectivity index (χ4n) is 2.94. The summed E-state index contributed by atoms with van der Waals surface area (Å²) in [6.45, 7) is 2.79. The summed E-state index contributed by atoms with van der Waals surface area (Å²) in [5.41, 5.74) is 2.32. The summed E-state index contributed by atoms with van der Waals surface area (Å²) < 4.78 is 4.89. The van der Waals surface area contributed by atoms with Gasteiger partial charge < -0.3 is 9.42 Å². The van der Waals surface area contributed by atoms with E-state index in [0.29, 0.717) is 19.0 Å². The molecule has 4 rings (SSSR count). The van der Waals surface area contributed by atoms with Crippen molar-refractivity contribution >= 4 is 22.3 Å². The van der Waals surface area contributed by atoms with E-state index in [4.69, 9.17) is 4.52 Å². The van der Waals surface area contributed by atoms with Crippen LogP contribution in [0.1, 0.15) is 22.1 Å². The molecule has 1 aromatic heterocycles. The molecule has 114 valence electrons.